The first-order chi connectivity index (χ1) is 3.41. The van der Waals surface area contributed by atoms with Crippen molar-refractivity contribution >= 4 is 11.6 Å². The van der Waals surface area contributed by atoms with Crippen LogP contribution in [0.1, 0.15) is 6.42 Å². The number of alkyl halides is 1. The van der Waals surface area contributed by atoms with Crippen LogP contribution in [-0.4, -0.2) is 5.88 Å². The first-order valence-corrected chi connectivity index (χ1v) is 2.57. The van der Waals surface area contributed by atoms with Gasteiger partial charge in [0.15, 0.2) is 0 Å². The Hall–Kier alpha value is -0.170. The highest BCUT2D eigenvalue weighted by atomic mass is 35.5. The van der Waals surface area contributed by atoms with E-state index >= 15 is 0 Å². The Bertz CT molecular complexity index is 52.0. The third-order valence-electron chi connectivity index (χ3n) is 0.468. The zero-order chi connectivity index (χ0) is 5.54. The summed E-state index contributed by atoms with van der Waals surface area (Å²) in [6.45, 7) is 0. The Labute approximate surface area is 48.9 Å². The van der Waals surface area contributed by atoms with Crippen molar-refractivity contribution in [2.45, 2.75) is 6.42 Å². The minimum Gasteiger partial charge on any atom is -0.498 e. The van der Waals surface area contributed by atoms with Gasteiger partial charge in [0.1, 0.15) is 7.11 Å². The number of rotatable bonds is 3. The summed E-state index contributed by atoms with van der Waals surface area (Å²) >= 11 is 5.31. The second-order valence-electron chi connectivity index (χ2n) is 1.02. The van der Waals surface area contributed by atoms with Crippen LogP contribution in [0, 0.1) is 7.11 Å². The molecule has 0 amide bonds. The summed E-state index contributed by atoms with van der Waals surface area (Å²) in [5, 5.41) is 0. The Morgan fingerprint density at radius 2 is 2.43 bits per heavy atom. The smallest absolute Gasteiger partial charge is 0.121 e. The van der Waals surface area contributed by atoms with Gasteiger partial charge in [-0.05, 0) is 12.5 Å². The van der Waals surface area contributed by atoms with Crippen molar-refractivity contribution in [3.63, 3.8) is 0 Å². The van der Waals surface area contributed by atoms with E-state index < -0.39 is 0 Å². The van der Waals surface area contributed by atoms with Gasteiger partial charge in [0, 0.05) is 5.88 Å². The van der Waals surface area contributed by atoms with Gasteiger partial charge >= 0.3 is 0 Å². The topological polar surface area (TPSA) is 9.23 Å². The van der Waals surface area contributed by atoms with Crippen LogP contribution in [0.15, 0.2) is 12.3 Å². The number of hydrogen-bond acceptors (Lipinski definition) is 1. The van der Waals surface area contributed by atoms with Gasteiger partial charge in [-0.3, -0.25) is 0 Å². The summed E-state index contributed by atoms with van der Waals surface area (Å²) in [6, 6.07) is 0. The highest BCUT2D eigenvalue weighted by Gasteiger charge is 1.70. The fourth-order valence-corrected chi connectivity index (χ4v) is 0.325. The minimum atomic E-state index is 0.639. The Kier molecular flexibility index (Phi) is 5.69. The first kappa shape index (κ1) is 6.83. The van der Waals surface area contributed by atoms with E-state index in [9.17, 15) is 0 Å². The molecule has 1 radical (unpaired) electrons. The lowest BCUT2D eigenvalue weighted by Crippen LogP contribution is -1.66. The van der Waals surface area contributed by atoms with E-state index in [0.29, 0.717) is 5.88 Å². The second-order valence-corrected chi connectivity index (χ2v) is 1.39. The quantitative estimate of drug-likeness (QED) is 0.408. The van der Waals surface area contributed by atoms with Gasteiger partial charge < -0.3 is 4.74 Å². The normalized spacial score (nSPS) is 10.0. The van der Waals surface area contributed by atoms with Gasteiger partial charge in [0.25, 0.3) is 0 Å². The van der Waals surface area contributed by atoms with E-state index in [2.05, 4.69) is 11.8 Å². The average Bonchev–Trinajstić information content (AvgIpc) is 1.69. The maximum absolute atomic E-state index is 5.31. The van der Waals surface area contributed by atoms with Crippen LogP contribution in [0.25, 0.3) is 0 Å². The molecule has 41 valence electrons. The number of allylic oxidation sites excluding steroid dienone is 1. The van der Waals surface area contributed by atoms with Crippen molar-refractivity contribution in [2.75, 3.05) is 5.88 Å². The van der Waals surface area contributed by atoms with Crippen LogP contribution in [0.2, 0.25) is 0 Å². The largest absolute Gasteiger partial charge is 0.498 e. The molecule has 0 saturated heterocycles. The highest BCUT2D eigenvalue weighted by molar-refractivity contribution is 6.17. The van der Waals surface area contributed by atoms with E-state index in [1.807, 2.05) is 6.08 Å². The van der Waals surface area contributed by atoms with E-state index in [0.717, 1.165) is 6.42 Å². The molecule has 0 aliphatic carbocycles. The first-order valence-electron chi connectivity index (χ1n) is 2.03. The predicted molar refractivity (Wildman–Crippen MR) is 30.9 cm³/mol. The lowest BCUT2D eigenvalue weighted by molar-refractivity contribution is 0.392. The molecule has 0 fully saturated rings. The average molecular weight is 120 g/mol. The molecule has 0 heterocycles. The van der Waals surface area contributed by atoms with E-state index in [4.69, 9.17) is 11.6 Å². The molecule has 0 unspecified atom stereocenters. The number of ether oxygens (including phenoxy) is 1. The maximum Gasteiger partial charge on any atom is 0.121 e. The molecular formula is C5H8ClO. The van der Waals surface area contributed by atoms with Crippen LogP contribution < -0.4 is 0 Å². The highest BCUT2D eigenvalue weighted by Crippen LogP contribution is 1.85. The molecule has 0 saturated carbocycles. The maximum atomic E-state index is 5.31. The van der Waals surface area contributed by atoms with Crippen molar-refractivity contribution in [2.24, 2.45) is 0 Å². The zero-order valence-electron chi connectivity index (χ0n) is 4.06. The Morgan fingerprint density at radius 3 is 2.86 bits per heavy atom. The summed E-state index contributed by atoms with van der Waals surface area (Å²) in [6.07, 6.45) is 4.18. The third-order valence-corrected chi connectivity index (χ3v) is 0.686. The molecule has 0 aliphatic rings. The molecule has 0 atom stereocenters. The van der Waals surface area contributed by atoms with Gasteiger partial charge in [-0.15, -0.1) is 11.6 Å². The molecule has 0 aromatic rings. The predicted octanol–water partition coefficient (Wildman–Crippen LogP) is 1.94. The molecule has 1 nitrogen and oxygen atoms in total. The molecule has 0 spiro atoms. The minimum absolute atomic E-state index is 0.639. The van der Waals surface area contributed by atoms with E-state index in [1.54, 1.807) is 0 Å². The molecule has 0 rings (SSSR count). The van der Waals surface area contributed by atoms with Crippen LogP contribution in [0.4, 0.5) is 0 Å². The van der Waals surface area contributed by atoms with Crippen molar-refractivity contribution in [3.05, 3.63) is 19.4 Å². The second kappa shape index (κ2) is 5.83. The summed E-state index contributed by atoms with van der Waals surface area (Å²) in [7, 11) is 3.13. The van der Waals surface area contributed by atoms with Crippen LogP contribution >= 0.6 is 11.6 Å². The van der Waals surface area contributed by atoms with Crippen molar-refractivity contribution < 1.29 is 4.74 Å². The Balaban J connectivity index is 2.78. The van der Waals surface area contributed by atoms with Crippen molar-refractivity contribution in [1.29, 1.82) is 0 Å². The molecule has 2 heteroatoms. The molecule has 0 N–H and O–H groups in total. The van der Waals surface area contributed by atoms with Gasteiger partial charge in [-0.2, -0.15) is 0 Å². The van der Waals surface area contributed by atoms with E-state index in [1.165, 1.54) is 6.26 Å². The number of halogens is 1. The summed E-state index contributed by atoms with van der Waals surface area (Å²) in [5.74, 6) is 0.639. The monoisotopic (exact) mass is 119 g/mol. The van der Waals surface area contributed by atoms with E-state index in [-0.39, 0.29) is 0 Å². The van der Waals surface area contributed by atoms with Crippen LogP contribution in [0.3, 0.4) is 0 Å². The summed E-state index contributed by atoms with van der Waals surface area (Å²) in [4.78, 5) is 0. The molecule has 0 aromatic heterocycles. The summed E-state index contributed by atoms with van der Waals surface area (Å²) in [5.41, 5.74) is 0. The molecular weight excluding hydrogens is 112 g/mol. The zero-order valence-corrected chi connectivity index (χ0v) is 4.82. The van der Waals surface area contributed by atoms with Gasteiger partial charge in [0.05, 0.1) is 6.26 Å². The van der Waals surface area contributed by atoms with Crippen molar-refractivity contribution in [1.82, 2.24) is 0 Å². The van der Waals surface area contributed by atoms with Crippen LogP contribution in [0.5, 0.6) is 0 Å². The SMILES string of the molecule is [CH2]OC=CCCCl. The fraction of sp³-hybridized carbons (Fsp3) is 0.400. The number of hydrogen-bond donors (Lipinski definition) is 0. The lowest BCUT2D eigenvalue weighted by Gasteiger charge is -1.82. The molecule has 0 aromatic carbocycles. The summed E-state index contributed by atoms with van der Waals surface area (Å²) < 4.78 is 4.35. The molecule has 7 heavy (non-hydrogen) atoms. The third kappa shape index (κ3) is 5.83. The van der Waals surface area contributed by atoms with Crippen molar-refractivity contribution in [3.8, 4) is 0 Å². The van der Waals surface area contributed by atoms with Crippen LogP contribution in [-0.2, 0) is 4.74 Å². The molecule has 0 bridgehead atoms. The van der Waals surface area contributed by atoms with Gasteiger partial charge in [-0.1, -0.05) is 0 Å². The molecule has 0 aliphatic heterocycles. The van der Waals surface area contributed by atoms with Gasteiger partial charge in [0.2, 0.25) is 0 Å². The Morgan fingerprint density at radius 1 is 1.71 bits per heavy atom. The fourth-order valence-electron chi connectivity index (χ4n) is 0.199. The standard InChI is InChI=1S/C5H8ClO/c1-7-5-3-2-4-6/h3,5H,1-2,4H2. The van der Waals surface area contributed by atoms with Gasteiger partial charge in [-0.25, -0.2) is 0 Å². The lowest BCUT2D eigenvalue weighted by atomic mass is 10.5.